The molecule has 4 nitrogen and oxygen atoms in total. The lowest BCUT2D eigenvalue weighted by atomic mass is 9.99. The molecule has 0 spiro atoms. The number of hydrogen-bond acceptors (Lipinski definition) is 4. The van der Waals surface area contributed by atoms with Gasteiger partial charge in [-0.05, 0) is 60.4 Å². The zero-order chi connectivity index (χ0) is 26.7. The third-order valence-corrected chi connectivity index (χ3v) is 7.47. The Labute approximate surface area is 223 Å². The Kier molecular flexibility index (Phi) is 8.53. The average molecular weight is 527 g/mol. The largest absolute Gasteiger partial charge is 0.439 e. The van der Waals surface area contributed by atoms with E-state index in [0.29, 0.717) is 11.1 Å². The molecule has 0 heterocycles. The molecular weight excluding hydrogens is 495 g/mol. The van der Waals surface area contributed by atoms with Crippen LogP contribution in [0.15, 0.2) is 72.8 Å². The molecule has 0 bridgehead atoms. The summed E-state index contributed by atoms with van der Waals surface area (Å²) in [4.78, 5) is 24.9. The van der Waals surface area contributed by atoms with Gasteiger partial charge < -0.3 is 9.47 Å². The van der Waals surface area contributed by atoms with Crippen LogP contribution in [-0.2, 0) is 9.47 Å². The predicted molar refractivity (Wildman–Crippen MR) is 146 cm³/mol. The van der Waals surface area contributed by atoms with Crippen LogP contribution in [0.5, 0.6) is 0 Å². The maximum atomic E-state index is 12.4. The number of alkyl halides is 2. The summed E-state index contributed by atoms with van der Waals surface area (Å²) in [5.41, 5.74) is 4.87. The topological polar surface area (TPSA) is 52.6 Å². The first kappa shape index (κ1) is 27.8. The Bertz CT molecular complexity index is 1100. The first-order valence-corrected chi connectivity index (χ1v) is 12.7. The van der Waals surface area contributed by atoms with Gasteiger partial charge in [0.25, 0.3) is 0 Å². The monoisotopic (exact) mass is 526 g/mol. The molecule has 0 unspecified atom stereocenters. The lowest BCUT2D eigenvalue weighted by molar-refractivity contribution is 0.00738. The molecule has 3 aromatic rings. The van der Waals surface area contributed by atoms with E-state index < -0.39 is 22.1 Å². The molecule has 0 saturated carbocycles. The summed E-state index contributed by atoms with van der Waals surface area (Å²) in [6.45, 7) is 11.0. The van der Waals surface area contributed by atoms with Crippen LogP contribution in [0.3, 0.4) is 0 Å². The van der Waals surface area contributed by atoms with Crippen molar-refractivity contribution in [2.45, 2.75) is 51.7 Å². The van der Waals surface area contributed by atoms with Gasteiger partial charge in [-0.25, -0.2) is 9.59 Å². The van der Waals surface area contributed by atoms with Crippen molar-refractivity contribution in [3.05, 3.63) is 83.9 Å². The van der Waals surface area contributed by atoms with Crippen LogP contribution < -0.4 is 0 Å². The lowest BCUT2D eigenvalue weighted by Gasteiger charge is -2.26. The molecule has 3 aromatic carbocycles. The minimum Gasteiger partial charge on any atom is -0.439 e. The van der Waals surface area contributed by atoms with E-state index in [-0.39, 0.29) is 11.8 Å². The van der Waals surface area contributed by atoms with E-state index in [4.69, 9.17) is 32.7 Å². The Balaban J connectivity index is 1.69. The van der Waals surface area contributed by atoms with E-state index in [0.717, 1.165) is 22.3 Å². The average Bonchev–Trinajstić information content (AvgIpc) is 2.83. The molecule has 0 aliphatic carbocycles. The van der Waals surface area contributed by atoms with Gasteiger partial charge in [-0.3, -0.25) is 0 Å². The van der Waals surface area contributed by atoms with Gasteiger partial charge in [0.1, 0.15) is 0 Å². The zero-order valence-corrected chi connectivity index (χ0v) is 23.0. The van der Waals surface area contributed by atoms with Crippen molar-refractivity contribution in [1.29, 1.82) is 0 Å². The minimum absolute atomic E-state index is 0.0164. The van der Waals surface area contributed by atoms with Gasteiger partial charge >= 0.3 is 11.9 Å². The second-order valence-corrected chi connectivity index (χ2v) is 11.3. The van der Waals surface area contributed by atoms with Crippen molar-refractivity contribution >= 4 is 35.1 Å². The minimum atomic E-state index is -1.05. The SMILES string of the molecule is CC(C)[C@](C)(Cl)OC(=O)c1ccc(-c2ccc(-c3ccc(C(=O)O[C@@](C)(Cl)C(C)C)cc3)cc2)cc1. The first-order chi connectivity index (χ1) is 16.8. The molecule has 190 valence electrons. The summed E-state index contributed by atoms with van der Waals surface area (Å²) in [6, 6.07) is 22.5. The quantitative estimate of drug-likeness (QED) is 0.218. The Morgan fingerprint density at radius 1 is 0.556 bits per heavy atom. The van der Waals surface area contributed by atoms with E-state index in [1.165, 1.54) is 0 Å². The van der Waals surface area contributed by atoms with Gasteiger partial charge in [0, 0.05) is 11.8 Å². The number of esters is 2. The molecule has 0 fully saturated rings. The molecule has 2 atom stereocenters. The van der Waals surface area contributed by atoms with E-state index in [1.807, 2.05) is 76.2 Å². The number of carbonyl (C=O) groups is 2. The fourth-order valence-corrected chi connectivity index (χ4v) is 3.31. The second kappa shape index (κ2) is 11.1. The van der Waals surface area contributed by atoms with Crippen LogP contribution in [0.1, 0.15) is 62.3 Å². The molecule has 0 saturated heterocycles. The van der Waals surface area contributed by atoms with Crippen molar-refractivity contribution in [3.63, 3.8) is 0 Å². The highest BCUT2D eigenvalue weighted by molar-refractivity contribution is 6.24. The summed E-state index contributed by atoms with van der Waals surface area (Å²) in [6.07, 6.45) is 0. The van der Waals surface area contributed by atoms with Crippen molar-refractivity contribution in [1.82, 2.24) is 0 Å². The number of ether oxygens (including phenoxy) is 2. The highest BCUT2D eigenvalue weighted by Gasteiger charge is 2.31. The van der Waals surface area contributed by atoms with Gasteiger partial charge in [0.15, 0.2) is 10.1 Å². The van der Waals surface area contributed by atoms with E-state index in [2.05, 4.69) is 0 Å². The van der Waals surface area contributed by atoms with Crippen molar-refractivity contribution in [2.75, 3.05) is 0 Å². The Morgan fingerprint density at radius 2 is 0.778 bits per heavy atom. The molecule has 0 amide bonds. The van der Waals surface area contributed by atoms with Gasteiger partial charge in [0.05, 0.1) is 11.1 Å². The molecule has 0 N–H and O–H groups in total. The van der Waals surface area contributed by atoms with Gasteiger partial charge in [-0.1, -0.05) is 99.4 Å². The highest BCUT2D eigenvalue weighted by atomic mass is 35.5. The third kappa shape index (κ3) is 6.68. The fourth-order valence-electron chi connectivity index (χ4n) is 3.17. The normalized spacial score (nSPS) is 14.7. The molecule has 0 aliphatic heterocycles. The van der Waals surface area contributed by atoms with Gasteiger partial charge in [0.2, 0.25) is 0 Å². The summed E-state index contributed by atoms with van der Waals surface area (Å²) >= 11 is 12.6. The standard InChI is InChI=1S/C30H32Cl2O4/c1-19(2)29(5,31)35-27(33)25-15-11-23(12-16-25)21-7-9-22(10-8-21)24-13-17-26(18-14-24)28(34)36-30(6,32)20(3)4/h7-20H,1-6H3/t29-,30-/m1/s1. The van der Waals surface area contributed by atoms with Crippen LogP contribution in [0.25, 0.3) is 22.3 Å². The summed E-state index contributed by atoms with van der Waals surface area (Å²) in [5.74, 6) is -0.930. The molecule has 0 aliphatic rings. The summed E-state index contributed by atoms with van der Waals surface area (Å²) in [5, 5.41) is -2.11. The fraction of sp³-hybridized carbons (Fsp3) is 0.333. The number of halogens is 2. The molecular formula is C30H32Cl2O4. The predicted octanol–water partition coefficient (Wildman–Crippen LogP) is 8.56. The molecule has 0 radical (unpaired) electrons. The van der Waals surface area contributed by atoms with Gasteiger partial charge in [-0.2, -0.15) is 0 Å². The van der Waals surface area contributed by atoms with Crippen molar-refractivity contribution in [3.8, 4) is 22.3 Å². The van der Waals surface area contributed by atoms with Crippen molar-refractivity contribution < 1.29 is 19.1 Å². The molecule has 0 aromatic heterocycles. The number of benzene rings is 3. The second-order valence-electron chi connectivity index (χ2n) is 9.79. The first-order valence-electron chi connectivity index (χ1n) is 12.0. The maximum Gasteiger partial charge on any atom is 0.339 e. The van der Waals surface area contributed by atoms with Crippen molar-refractivity contribution in [2.24, 2.45) is 11.8 Å². The zero-order valence-electron chi connectivity index (χ0n) is 21.5. The summed E-state index contributed by atoms with van der Waals surface area (Å²) < 4.78 is 10.9. The van der Waals surface area contributed by atoms with Crippen LogP contribution in [0.4, 0.5) is 0 Å². The third-order valence-electron chi connectivity index (χ3n) is 6.44. The van der Waals surface area contributed by atoms with E-state index in [9.17, 15) is 9.59 Å². The molecule has 3 rings (SSSR count). The summed E-state index contributed by atoms with van der Waals surface area (Å²) in [7, 11) is 0. The number of hydrogen-bond donors (Lipinski definition) is 0. The van der Waals surface area contributed by atoms with E-state index in [1.54, 1.807) is 38.1 Å². The molecule has 6 heteroatoms. The lowest BCUT2D eigenvalue weighted by Crippen LogP contribution is -2.31. The highest BCUT2D eigenvalue weighted by Crippen LogP contribution is 2.30. The number of carbonyl (C=O) groups excluding carboxylic acids is 2. The smallest absolute Gasteiger partial charge is 0.339 e. The van der Waals surface area contributed by atoms with Gasteiger partial charge in [-0.15, -0.1) is 0 Å². The van der Waals surface area contributed by atoms with Crippen LogP contribution in [-0.4, -0.2) is 22.1 Å². The molecule has 36 heavy (non-hydrogen) atoms. The van der Waals surface area contributed by atoms with E-state index >= 15 is 0 Å². The van der Waals surface area contributed by atoms with Crippen LogP contribution in [0, 0.1) is 11.8 Å². The van der Waals surface area contributed by atoms with Crippen LogP contribution in [0.2, 0.25) is 0 Å². The number of rotatable bonds is 8. The Morgan fingerprint density at radius 3 is 1.00 bits per heavy atom. The Hall–Kier alpha value is -2.82. The maximum absolute atomic E-state index is 12.4. The van der Waals surface area contributed by atoms with Crippen LogP contribution >= 0.6 is 23.2 Å².